The molecular formula is C21H22ClN3O6. The predicted octanol–water partition coefficient (Wildman–Crippen LogP) is 2.77. The molecule has 2 amide bonds. The van der Waals surface area contributed by atoms with Crippen LogP contribution in [0.3, 0.4) is 0 Å². The molecule has 9 nitrogen and oxygen atoms in total. The molecule has 2 rings (SSSR count). The normalized spacial score (nSPS) is 10.4. The molecule has 0 unspecified atom stereocenters. The van der Waals surface area contributed by atoms with Crippen LogP contribution in [0, 0.1) is 0 Å². The Kier molecular flexibility index (Phi) is 9.31. The van der Waals surface area contributed by atoms with Gasteiger partial charge in [0.05, 0.1) is 20.4 Å². The number of carbonyl (C=O) groups is 3. The number of nitrogens with one attached hydrogen (secondary N) is 2. The number of methoxy groups -OCH3 is 2. The van der Waals surface area contributed by atoms with Crippen molar-refractivity contribution in [3.05, 3.63) is 53.1 Å². The number of nitrogens with zero attached hydrogens (tertiary/aromatic N) is 1. The van der Waals surface area contributed by atoms with E-state index < -0.39 is 11.9 Å². The lowest BCUT2D eigenvalue weighted by Gasteiger charge is -2.10. The van der Waals surface area contributed by atoms with Gasteiger partial charge in [-0.1, -0.05) is 17.7 Å². The molecule has 0 radical (unpaired) electrons. The number of anilines is 1. The molecule has 2 aromatic carbocycles. The first-order valence-corrected chi connectivity index (χ1v) is 9.54. The Bertz CT molecular complexity index is 964. The van der Waals surface area contributed by atoms with Crippen LogP contribution >= 0.6 is 11.6 Å². The van der Waals surface area contributed by atoms with E-state index in [-0.39, 0.29) is 25.4 Å². The van der Waals surface area contributed by atoms with Crippen molar-refractivity contribution in [1.29, 1.82) is 0 Å². The molecule has 10 heteroatoms. The summed E-state index contributed by atoms with van der Waals surface area (Å²) in [5.74, 6) is -0.496. The zero-order valence-electron chi connectivity index (χ0n) is 17.0. The summed E-state index contributed by atoms with van der Waals surface area (Å²) in [5, 5.41) is 7.03. The Morgan fingerprint density at radius 2 is 1.81 bits per heavy atom. The molecule has 164 valence electrons. The van der Waals surface area contributed by atoms with Crippen molar-refractivity contribution in [3.63, 3.8) is 0 Å². The van der Waals surface area contributed by atoms with Crippen molar-refractivity contribution >= 4 is 41.3 Å². The first-order chi connectivity index (χ1) is 14.9. The lowest BCUT2D eigenvalue weighted by molar-refractivity contribution is -0.143. The van der Waals surface area contributed by atoms with Gasteiger partial charge in [-0.15, -0.1) is 0 Å². The fourth-order valence-corrected chi connectivity index (χ4v) is 2.52. The number of benzene rings is 2. The van der Waals surface area contributed by atoms with Gasteiger partial charge in [0.2, 0.25) is 11.8 Å². The van der Waals surface area contributed by atoms with Crippen LogP contribution in [-0.2, 0) is 19.1 Å². The van der Waals surface area contributed by atoms with E-state index in [1.807, 2.05) is 0 Å². The van der Waals surface area contributed by atoms with E-state index in [9.17, 15) is 14.4 Å². The monoisotopic (exact) mass is 447 g/mol. The Morgan fingerprint density at radius 1 is 1.03 bits per heavy atom. The summed E-state index contributed by atoms with van der Waals surface area (Å²) >= 11 is 5.86. The first-order valence-electron chi connectivity index (χ1n) is 9.16. The number of halogens is 1. The topological polar surface area (TPSA) is 115 Å². The van der Waals surface area contributed by atoms with Gasteiger partial charge in [-0.25, -0.2) is 10.2 Å². The third kappa shape index (κ3) is 8.35. The SMILES string of the molecule is COC(=O)COc1ccc(C=NNC(=O)CCC(=O)Nc2cccc(Cl)c2)cc1OC. The second-order valence-corrected chi connectivity index (χ2v) is 6.56. The molecule has 0 aliphatic rings. The lowest BCUT2D eigenvalue weighted by atomic mass is 10.2. The van der Waals surface area contributed by atoms with E-state index >= 15 is 0 Å². The zero-order valence-corrected chi connectivity index (χ0v) is 17.8. The van der Waals surface area contributed by atoms with E-state index in [0.29, 0.717) is 27.8 Å². The van der Waals surface area contributed by atoms with Crippen LogP contribution in [0.1, 0.15) is 18.4 Å². The van der Waals surface area contributed by atoms with Gasteiger partial charge in [-0.05, 0) is 42.0 Å². The minimum Gasteiger partial charge on any atom is -0.493 e. The second kappa shape index (κ2) is 12.2. The van der Waals surface area contributed by atoms with Gasteiger partial charge in [0.1, 0.15) is 0 Å². The van der Waals surface area contributed by atoms with E-state index in [1.54, 1.807) is 42.5 Å². The highest BCUT2D eigenvalue weighted by atomic mass is 35.5. The maximum Gasteiger partial charge on any atom is 0.343 e. The average Bonchev–Trinajstić information content (AvgIpc) is 2.76. The van der Waals surface area contributed by atoms with Crippen molar-refractivity contribution in [1.82, 2.24) is 5.43 Å². The molecule has 2 N–H and O–H groups in total. The van der Waals surface area contributed by atoms with E-state index in [4.69, 9.17) is 21.1 Å². The maximum atomic E-state index is 11.9. The highest BCUT2D eigenvalue weighted by Crippen LogP contribution is 2.27. The molecule has 0 aliphatic carbocycles. The summed E-state index contributed by atoms with van der Waals surface area (Å²) < 4.78 is 15.1. The highest BCUT2D eigenvalue weighted by molar-refractivity contribution is 6.30. The fourth-order valence-electron chi connectivity index (χ4n) is 2.33. The molecule has 0 aliphatic heterocycles. The number of hydrazone groups is 1. The molecule has 2 aromatic rings. The summed E-state index contributed by atoms with van der Waals surface area (Å²) in [4.78, 5) is 35.0. The molecule has 0 heterocycles. The van der Waals surface area contributed by atoms with Crippen molar-refractivity contribution in [2.45, 2.75) is 12.8 Å². The van der Waals surface area contributed by atoms with Crippen molar-refractivity contribution < 1.29 is 28.6 Å². The molecule has 0 fully saturated rings. The number of ether oxygens (including phenoxy) is 3. The van der Waals surface area contributed by atoms with Gasteiger partial charge in [0.15, 0.2) is 18.1 Å². The summed E-state index contributed by atoms with van der Waals surface area (Å²) in [5.41, 5.74) is 3.54. The molecule has 31 heavy (non-hydrogen) atoms. The predicted molar refractivity (Wildman–Crippen MR) is 116 cm³/mol. The van der Waals surface area contributed by atoms with Gasteiger partial charge < -0.3 is 19.5 Å². The van der Waals surface area contributed by atoms with Crippen LogP contribution in [0.4, 0.5) is 5.69 Å². The summed E-state index contributed by atoms with van der Waals surface area (Å²) in [6.07, 6.45) is 1.37. The number of hydrogen-bond acceptors (Lipinski definition) is 7. The Labute approximate surface area is 184 Å². The first kappa shape index (κ1) is 23.7. The largest absolute Gasteiger partial charge is 0.493 e. The number of carbonyl (C=O) groups excluding carboxylic acids is 3. The summed E-state index contributed by atoms with van der Waals surface area (Å²) in [6, 6.07) is 11.6. The van der Waals surface area contributed by atoms with Crippen molar-refractivity contribution in [2.75, 3.05) is 26.1 Å². The number of amides is 2. The van der Waals surface area contributed by atoms with Gasteiger partial charge in [-0.3, -0.25) is 9.59 Å². The van der Waals surface area contributed by atoms with Gasteiger partial charge in [0.25, 0.3) is 0 Å². The summed E-state index contributed by atoms with van der Waals surface area (Å²) in [6.45, 7) is -0.249. The molecule has 0 saturated carbocycles. The quantitative estimate of drug-likeness (QED) is 0.329. The molecule has 0 atom stereocenters. The Morgan fingerprint density at radius 3 is 2.52 bits per heavy atom. The van der Waals surface area contributed by atoms with E-state index in [2.05, 4.69) is 20.6 Å². The van der Waals surface area contributed by atoms with E-state index in [1.165, 1.54) is 20.4 Å². The van der Waals surface area contributed by atoms with Crippen LogP contribution in [-0.4, -0.2) is 44.8 Å². The standard InChI is InChI=1S/C21H22ClN3O6/c1-29-18-10-14(6-7-17(18)31-13-21(28)30-2)12-23-25-20(27)9-8-19(26)24-16-5-3-4-15(22)11-16/h3-7,10-12H,8-9,13H2,1-2H3,(H,24,26)(H,25,27). The summed E-state index contributed by atoms with van der Waals surface area (Å²) in [7, 11) is 2.72. The maximum absolute atomic E-state index is 11.9. The third-order valence-electron chi connectivity index (χ3n) is 3.85. The molecule has 0 saturated heterocycles. The molecular weight excluding hydrogens is 426 g/mol. The molecule has 0 spiro atoms. The number of rotatable bonds is 10. The molecule has 0 aromatic heterocycles. The highest BCUT2D eigenvalue weighted by Gasteiger charge is 2.09. The smallest absolute Gasteiger partial charge is 0.343 e. The minimum absolute atomic E-state index is 0.00603. The average molecular weight is 448 g/mol. The molecule has 0 bridgehead atoms. The fraction of sp³-hybridized carbons (Fsp3) is 0.238. The van der Waals surface area contributed by atoms with Crippen LogP contribution in [0.2, 0.25) is 5.02 Å². The second-order valence-electron chi connectivity index (χ2n) is 6.13. The zero-order chi connectivity index (χ0) is 22.6. The number of esters is 1. The van der Waals surface area contributed by atoms with Gasteiger partial charge in [0, 0.05) is 23.6 Å². The van der Waals surface area contributed by atoms with Crippen molar-refractivity contribution in [3.8, 4) is 11.5 Å². The number of hydrogen-bond donors (Lipinski definition) is 2. The lowest BCUT2D eigenvalue weighted by Crippen LogP contribution is -2.20. The Hall–Kier alpha value is -3.59. The van der Waals surface area contributed by atoms with Crippen LogP contribution < -0.4 is 20.2 Å². The van der Waals surface area contributed by atoms with E-state index in [0.717, 1.165) is 0 Å². The van der Waals surface area contributed by atoms with Crippen LogP contribution in [0.5, 0.6) is 11.5 Å². The van der Waals surface area contributed by atoms with Crippen LogP contribution in [0.25, 0.3) is 0 Å². The third-order valence-corrected chi connectivity index (χ3v) is 4.09. The van der Waals surface area contributed by atoms with Gasteiger partial charge in [-0.2, -0.15) is 5.10 Å². The van der Waals surface area contributed by atoms with Crippen molar-refractivity contribution in [2.24, 2.45) is 5.10 Å². The minimum atomic E-state index is -0.517. The van der Waals surface area contributed by atoms with Crippen LogP contribution in [0.15, 0.2) is 47.6 Å². The Balaban J connectivity index is 1.80. The van der Waals surface area contributed by atoms with Gasteiger partial charge >= 0.3 is 5.97 Å².